The standard InChI is InChI=1S/C30H19N3O2S/c1-30(2)23-14-17(31-34)8-10-19(23)25-20-5-4-6-21-26-22-12-15-7-9-18(32(3)35)11-16(15)13-24(22)36-29(26)33(27(20)21)28(25)30/h4-14H,3H2,1-2H3. The first-order valence-electron chi connectivity index (χ1n) is 11.8. The minimum absolute atomic E-state index is 0.287. The van der Waals surface area contributed by atoms with Crippen LogP contribution in [-0.2, 0) is 5.41 Å². The van der Waals surface area contributed by atoms with Crippen molar-refractivity contribution in [1.29, 1.82) is 0 Å². The lowest BCUT2D eigenvalue weighted by Crippen LogP contribution is -2.17. The van der Waals surface area contributed by atoms with Crippen LogP contribution in [0.25, 0.3) is 58.5 Å². The van der Waals surface area contributed by atoms with E-state index >= 15 is 0 Å². The summed E-state index contributed by atoms with van der Waals surface area (Å²) in [6.07, 6.45) is 0. The van der Waals surface area contributed by atoms with Crippen molar-refractivity contribution in [2.75, 3.05) is 0 Å². The van der Waals surface area contributed by atoms with Crippen LogP contribution in [0, 0.1) is 10.1 Å². The number of rotatable bonds is 2. The molecule has 7 aromatic rings. The maximum absolute atomic E-state index is 11.8. The van der Waals surface area contributed by atoms with Crippen molar-refractivity contribution < 1.29 is 4.74 Å². The van der Waals surface area contributed by atoms with Gasteiger partial charge in [0, 0.05) is 55.0 Å². The Morgan fingerprint density at radius 3 is 2.61 bits per heavy atom. The van der Waals surface area contributed by atoms with Gasteiger partial charge in [-0.2, -0.15) is 4.74 Å². The predicted octanol–water partition coefficient (Wildman–Crippen LogP) is 8.60. The zero-order valence-corrected chi connectivity index (χ0v) is 20.4. The topological polar surface area (TPSA) is 59.9 Å². The van der Waals surface area contributed by atoms with Crippen LogP contribution in [0.3, 0.4) is 0 Å². The van der Waals surface area contributed by atoms with Crippen LogP contribution in [0.4, 0.5) is 11.4 Å². The summed E-state index contributed by atoms with van der Waals surface area (Å²) >= 11 is 1.79. The van der Waals surface area contributed by atoms with E-state index < -0.39 is 0 Å². The van der Waals surface area contributed by atoms with E-state index in [-0.39, 0.29) is 5.41 Å². The molecule has 0 bridgehead atoms. The fourth-order valence-electron chi connectivity index (χ4n) is 6.45. The molecule has 0 aliphatic heterocycles. The molecule has 1 aliphatic rings. The molecule has 8 rings (SSSR count). The molecular weight excluding hydrogens is 466 g/mol. The first-order chi connectivity index (χ1) is 17.4. The van der Waals surface area contributed by atoms with E-state index in [2.05, 4.69) is 66.5 Å². The zero-order chi connectivity index (χ0) is 24.5. The van der Waals surface area contributed by atoms with Gasteiger partial charge in [-0.05, 0) is 57.4 Å². The van der Waals surface area contributed by atoms with Crippen molar-refractivity contribution >= 4 is 76.8 Å². The highest BCUT2D eigenvalue weighted by Crippen LogP contribution is 2.56. The van der Waals surface area contributed by atoms with Crippen molar-refractivity contribution in [3.8, 4) is 11.1 Å². The van der Waals surface area contributed by atoms with Crippen LogP contribution in [0.15, 0.2) is 71.9 Å². The van der Waals surface area contributed by atoms with Gasteiger partial charge in [0.1, 0.15) is 17.2 Å². The van der Waals surface area contributed by atoms with Crippen LogP contribution in [0.5, 0.6) is 0 Å². The Morgan fingerprint density at radius 1 is 0.972 bits per heavy atom. The third-order valence-corrected chi connectivity index (χ3v) is 9.14. The zero-order valence-electron chi connectivity index (χ0n) is 19.6. The van der Waals surface area contributed by atoms with Gasteiger partial charge in [-0.1, -0.05) is 38.1 Å². The largest absolute Gasteiger partial charge is 0.619 e. The monoisotopic (exact) mass is 485 g/mol. The van der Waals surface area contributed by atoms with Crippen molar-refractivity contribution in [3.63, 3.8) is 0 Å². The minimum Gasteiger partial charge on any atom is -0.619 e. The highest BCUT2D eigenvalue weighted by molar-refractivity contribution is 7.25. The lowest BCUT2D eigenvalue weighted by Gasteiger charge is -2.21. The molecule has 0 spiro atoms. The molecule has 36 heavy (non-hydrogen) atoms. The smallest absolute Gasteiger partial charge is 0.216 e. The Morgan fingerprint density at radius 2 is 1.81 bits per heavy atom. The molecule has 172 valence electrons. The van der Waals surface area contributed by atoms with E-state index in [1.165, 1.54) is 53.4 Å². The Balaban J connectivity index is 1.54. The molecule has 6 heteroatoms. The van der Waals surface area contributed by atoms with Gasteiger partial charge >= 0.3 is 0 Å². The van der Waals surface area contributed by atoms with Gasteiger partial charge in [-0.3, -0.25) is 0 Å². The minimum atomic E-state index is -0.287. The summed E-state index contributed by atoms with van der Waals surface area (Å²) in [4.78, 5) is 12.5. The molecule has 0 saturated heterocycles. The van der Waals surface area contributed by atoms with E-state index in [0.717, 1.165) is 16.3 Å². The summed E-state index contributed by atoms with van der Waals surface area (Å²) in [6, 6.07) is 22.6. The van der Waals surface area contributed by atoms with Gasteiger partial charge in [0.2, 0.25) is 5.69 Å². The second-order valence-corrected chi connectivity index (χ2v) is 11.3. The van der Waals surface area contributed by atoms with Gasteiger partial charge < -0.3 is 9.61 Å². The van der Waals surface area contributed by atoms with Gasteiger partial charge in [-0.25, -0.2) is 0 Å². The Labute approximate surface area is 209 Å². The Bertz CT molecular complexity index is 2130. The normalized spacial score (nSPS) is 14.4. The molecule has 0 unspecified atom stereocenters. The molecule has 0 atom stereocenters. The van der Waals surface area contributed by atoms with E-state index in [9.17, 15) is 10.1 Å². The van der Waals surface area contributed by atoms with Crippen LogP contribution in [-0.4, -0.2) is 15.9 Å². The summed E-state index contributed by atoms with van der Waals surface area (Å²) in [6.45, 7) is 7.97. The van der Waals surface area contributed by atoms with Crippen LogP contribution >= 0.6 is 11.3 Å². The molecule has 4 aromatic carbocycles. The summed E-state index contributed by atoms with van der Waals surface area (Å²) in [7, 11) is 0. The number of thiophene rings is 1. The lowest BCUT2D eigenvalue weighted by atomic mass is 9.85. The van der Waals surface area contributed by atoms with Gasteiger partial charge in [0.05, 0.1) is 5.52 Å². The first-order valence-corrected chi connectivity index (χ1v) is 12.6. The predicted molar refractivity (Wildman–Crippen MR) is 150 cm³/mol. The quantitative estimate of drug-likeness (QED) is 0.0809. The molecule has 0 N–H and O–H groups in total. The average Bonchev–Trinajstić information content (AvgIpc) is 3.56. The van der Waals surface area contributed by atoms with Crippen LogP contribution in [0.1, 0.15) is 25.1 Å². The second-order valence-electron chi connectivity index (χ2n) is 10.2. The van der Waals surface area contributed by atoms with E-state index in [4.69, 9.17) is 0 Å². The molecule has 0 radical (unpaired) electrons. The van der Waals surface area contributed by atoms with Crippen LogP contribution in [0.2, 0.25) is 0 Å². The second kappa shape index (κ2) is 6.28. The number of nitrogens with zero attached hydrogens (tertiary/aromatic N) is 3. The van der Waals surface area contributed by atoms with Crippen molar-refractivity contribution in [2.24, 2.45) is 5.18 Å². The van der Waals surface area contributed by atoms with E-state index in [1.807, 2.05) is 30.3 Å². The molecular formula is C30H19N3O2S. The number of para-hydroxylation sites is 1. The molecule has 3 heterocycles. The van der Waals surface area contributed by atoms with Crippen molar-refractivity contribution in [1.82, 2.24) is 4.40 Å². The molecule has 1 aliphatic carbocycles. The third-order valence-electron chi connectivity index (χ3n) is 8.01. The summed E-state index contributed by atoms with van der Waals surface area (Å²) < 4.78 is 4.30. The fourth-order valence-corrected chi connectivity index (χ4v) is 7.71. The molecule has 5 nitrogen and oxygen atoms in total. The van der Waals surface area contributed by atoms with Crippen molar-refractivity contribution in [2.45, 2.75) is 19.3 Å². The average molecular weight is 486 g/mol. The molecule has 0 fully saturated rings. The summed E-state index contributed by atoms with van der Waals surface area (Å²) in [5.41, 5.74) is 6.83. The number of hydrogen-bond donors (Lipinski definition) is 0. The van der Waals surface area contributed by atoms with E-state index in [1.54, 1.807) is 11.3 Å². The van der Waals surface area contributed by atoms with Gasteiger partial charge in [0.25, 0.3) is 0 Å². The summed E-state index contributed by atoms with van der Waals surface area (Å²) in [5, 5.41) is 22.1. The molecule has 0 amide bonds. The maximum atomic E-state index is 11.8. The lowest BCUT2D eigenvalue weighted by molar-refractivity contribution is -0.349. The van der Waals surface area contributed by atoms with Crippen molar-refractivity contribution in [3.05, 3.63) is 88.1 Å². The third kappa shape index (κ3) is 2.19. The first kappa shape index (κ1) is 20.0. The SMILES string of the molecule is C=[N+]([O-])c1ccc2cc3c(cc2c1)sc1c3c2cccc3c4c(n1c32)C(C)(C)c1cc(N=O)ccc1-4. The van der Waals surface area contributed by atoms with Gasteiger partial charge in [-0.15, -0.1) is 16.2 Å². The highest BCUT2D eigenvalue weighted by atomic mass is 32.1. The van der Waals surface area contributed by atoms with Gasteiger partial charge in [0.15, 0.2) is 0 Å². The van der Waals surface area contributed by atoms with Crippen LogP contribution < -0.4 is 0 Å². The maximum Gasteiger partial charge on any atom is 0.216 e. The summed E-state index contributed by atoms with van der Waals surface area (Å²) in [5.74, 6) is 0. The number of hydrogen-bond acceptors (Lipinski definition) is 4. The number of fused-ring (bicyclic) bond motifs is 11. The van der Waals surface area contributed by atoms with E-state index in [0.29, 0.717) is 16.1 Å². The number of nitroso groups, excluding NO2 is 1. The molecule has 0 saturated carbocycles. The molecule has 3 aromatic heterocycles. The number of aromatic nitrogens is 1. The fraction of sp³-hybridized carbons (Fsp3) is 0.100. The Hall–Kier alpha value is -4.29. The Kier molecular flexibility index (Phi) is 3.48. The number of benzene rings is 4. The highest BCUT2D eigenvalue weighted by Gasteiger charge is 2.41.